The van der Waals surface area contributed by atoms with Crippen LogP contribution in [0.2, 0.25) is 0 Å². The van der Waals surface area contributed by atoms with E-state index in [4.69, 9.17) is 4.42 Å². The molecule has 2 rings (SSSR count). The van der Waals surface area contributed by atoms with E-state index in [0.29, 0.717) is 5.56 Å². The Labute approximate surface area is 112 Å². The van der Waals surface area contributed by atoms with Gasteiger partial charge in [0.05, 0.1) is 6.04 Å². The summed E-state index contributed by atoms with van der Waals surface area (Å²) < 4.78 is 5.45. The molecule has 0 aliphatic carbocycles. The molecule has 0 aliphatic rings. The summed E-state index contributed by atoms with van der Waals surface area (Å²) in [5, 5.41) is 12.1. The minimum absolute atomic E-state index is 0.126. The molecule has 0 saturated heterocycles. The zero-order valence-corrected chi connectivity index (χ0v) is 11.2. The van der Waals surface area contributed by atoms with Crippen molar-refractivity contribution in [3.8, 4) is 5.75 Å². The summed E-state index contributed by atoms with van der Waals surface area (Å²) in [6.45, 7) is 5.67. The molecule has 0 fully saturated rings. The molecule has 2 aromatic rings. The molecular formula is C15H17NO3. The quantitative estimate of drug-likeness (QED) is 0.890. The van der Waals surface area contributed by atoms with Crippen LogP contribution in [-0.4, -0.2) is 11.0 Å². The molecule has 0 spiro atoms. The Morgan fingerprint density at radius 1 is 1.26 bits per heavy atom. The predicted octanol–water partition coefficient (Wildman–Crippen LogP) is 3.09. The van der Waals surface area contributed by atoms with Crippen molar-refractivity contribution >= 4 is 5.91 Å². The summed E-state index contributed by atoms with van der Waals surface area (Å²) >= 11 is 0. The Balaban J connectivity index is 2.10. The number of nitrogens with one attached hydrogen (secondary N) is 1. The van der Waals surface area contributed by atoms with Crippen LogP contribution in [0.25, 0.3) is 0 Å². The molecule has 0 bridgehead atoms. The van der Waals surface area contributed by atoms with Gasteiger partial charge < -0.3 is 14.8 Å². The highest BCUT2D eigenvalue weighted by molar-refractivity contribution is 5.94. The first kappa shape index (κ1) is 13.2. The second-order valence-corrected chi connectivity index (χ2v) is 4.61. The number of hydrogen-bond donors (Lipinski definition) is 2. The Bertz CT molecular complexity index is 584. The van der Waals surface area contributed by atoms with E-state index in [2.05, 4.69) is 5.32 Å². The summed E-state index contributed by atoms with van der Waals surface area (Å²) in [6, 6.07) is 7.96. The second-order valence-electron chi connectivity index (χ2n) is 4.61. The van der Waals surface area contributed by atoms with Crippen molar-refractivity contribution in [2.75, 3.05) is 0 Å². The first-order valence-corrected chi connectivity index (χ1v) is 6.14. The zero-order chi connectivity index (χ0) is 14.0. The Hall–Kier alpha value is -2.23. The third kappa shape index (κ3) is 2.96. The summed E-state index contributed by atoms with van der Waals surface area (Å²) in [5.41, 5.74) is 1.49. The van der Waals surface area contributed by atoms with Gasteiger partial charge in [-0.15, -0.1) is 0 Å². The number of phenolic OH excluding ortho intramolecular Hbond substituents is 1. The van der Waals surface area contributed by atoms with E-state index in [9.17, 15) is 9.90 Å². The molecule has 1 unspecified atom stereocenters. The van der Waals surface area contributed by atoms with Crippen LogP contribution in [0.3, 0.4) is 0 Å². The molecule has 100 valence electrons. The first-order valence-electron chi connectivity index (χ1n) is 6.14. The number of hydrogen-bond acceptors (Lipinski definition) is 3. The molecule has 4 nitrogen and oxygen atoms in total. The van der Waals surface area contributed by atoms with Gasteiger partial charge in [0.2, 0.25) is 0 Å². The molecule has 1 atom stereocenters. The van der Waals surface area contributed by atoms with Crippen molar-refractivity contribution in [1.82, 2.24) is 5.32 Å². The smallest absolute Gasteiger partial charge is 0.251 e. The van der Waals surface area contributed by atoms with Crippen molar-refractivity contribution < 1.29 is 14.3 Å². The van der Waals surface area contributed by atoms with Gasteiger partial charge in [0, 0.05) is 11.1 Å². The highest BCUT2D eigenvalue weighted by Crippen LogP contribution is 2.21. The number of furan rings is 1. The average molecular weight is 259 g/mol. The minimum Gasteiger partial charge on any atom is -0.508 e. The van der Waals surface area contributed by atoms with Gasteiger partial charge in [-0.05, 0) is 51.1 Å². The zero-order valence-electron chi connectivity index (χ0n) is 11.2. The van der Waals surface area contributed by atoms with E-state index >= 15 is 0 Å². The maximum absolute atomic E-state index is 12.0. The molecule has 4 heteroatoms. The standard InChI is InChI=1S/C15H17NO3/c1-9-8-14(11(3)19-9)10(2)16-15(18)12-4-6-13(17)7-5-12/h4-8,10,17H,1-3H3,(H,16,18). The Morgan fingerprint density at radius 2 is 1.89 bits per heavy atom. The number of carbonyl (C=O) groups excluding carboxylic acids is 1. The number of carbonyl (C=O) groups is 1. The van der Waals surface area contributed by atoms with E-state index in [1.54, 1.807) is 12.1 Å². The van der Waals surface area contributed by atoms with Crippen LogP contribution in [0.15, 0.2) is 34.7 Å². The lowest BCUT2D eigenvalue weighted by atomic mass is 10.1. The van der Waals surface area contributed by atoms with Crippen LogP contribution >= 0.6 is 0 Å². The molecular weight excluding hydrogens is 242 g/mol. The summed E-state index contributed by atoms with van der Waals surface area (Å²) in [6.07, 6.45) is 0. The van der Waals surface area contributed by atoms with Crippen LogP contribution in [0.1, 0.15) is 40.4 Å². The molecule has 1 amide bonds. The molecule has 1 heterocycles. The van der Waals surface area contributed by atoms with Crippen molar-refractivity contribution in [1.29, 1.82) is 0 Å². The average Bonchev–Trinajstić information content (AvgIpc) is 2.69. The summed E-state index contributed by atoms with van der Waals surface area (Å²) in [5.74, 6) is 1.62. The molecule has 2 N–H and O–H groups in total. The SMILES string of the molecule is Cc1cc(C(C)NC(=O)c2ccc(O)cc2)c(C)o1. The summed E-state index contributed by atoms with van der Waals surface area (Å²) in [4.78, 5) is 12.0. The fourth-order valence-corrected chi connectivity index (χ4v) is 2.05. The van der Waals surface area contributed by atoms with Crippen LogP contribution in [0, 0.1) is 13.8 Å². The fourth-order valence-electron chi connectivity index (χ4n) is 2.05. The lowest BCUT2D eigenvalue weighted by Gasteiger charge is -2.13. The monoisotopic (exact) mass is 259 g/mol. The van der Waals surface area contributed by atoms with Crippen molar-refractivity contribution in [3.63, 3.8) is 0 Å². The molecule has 0 aliphatic heterocycles. The largest absolute Gasteiger partial charge is 0.508 e. The normalized spacial score (nSPS) is 12.2. The highest BCUT2D eigenvalue weighted by atomic mass is 16.3. The van der Waals surface area contributed by atoms with Crippen LogP contribution in [-0.2, 0) is 0 Å². The third-order valence-electron chi connectivity index (χ3n) is 3.02. The number of rotatable bonds is 3. The van der Waals surface area contributed by atoms with E-state index in [1.807, 2.05) is 26.8 Å². The highest BCUT2D eigenvalue weighted by Gasteiger charge is 2.15. The van der Waals surface area contributed by atoms with Gasteiger partial charge >= 0.3 is 0 Å². The maximum Gasteiger partial charge on any atom is 0.251 e. The topological polar surface area (TPSA) is 62.5 Å². The van der Waals surface area contributed by atoms with Gasteiger partial charge in [-0.25, -0.2) is 0 Å². The predicted molar refractivity (Wildman–Crippen MR) is 72.2 cm³/mol. The third-order valence-corrected chi connectivity index (χ3v) is 3.02. The van der Waals surface area contributed by atoms with Crippen molar-refractivity contribution in [2.45, 2.75) is 26.8 Å². The van der Waals surface area contributed by atoms with E-state index in [0.717, 1.165) is 17.1 Å². The van der Waals surface area contributed by atoms with E-state index in [1.165, 1.54) is 12.1 Å². The van der Waals surface area contributed by atoms with Gasteiger partial charge in [0.15, 0.2) is 0 Å². The van der Waals surface area contributed by atoms with Crippen LogP contribution in [0.5, 0.6) is 5.75 Å². The molecule has 19 heavy (non-hydrogen) atoms. The van der Waals surface area contributed by atoms with Crippen molar-refractivity contribution in [2.24, 2.45) is 0 Å². The number of aromatic hydroxyl groups is 1. The van der Waals surface area contributed by atoms with Gasteiger partial charge in [-0.2, -0.15) is 0 Å². The molecule has 0 radical (unpaired) electrons. The van der Waals surface area contributed by atoms with Gasteiger partial charge in [0.25, 0.3) is 5.91 Å². The second kappa shape index (κ2) is 5.18. The number of aryl methyl sites for hydroxylation is 2. The molecule has 0 saturated carbocycles. The number of benzene rings is 1. The molecule has 1 aromatic carbocycles. The summed E-state index contributed by atoms with van der Waals surface area (Å²) in [7, 11) is 0. The maximum atomic E-state index is 12.0. The molecule has 1 aromatic heterocycles. The van der Waals surface area contributed by atoms with E-state index < -0.39 is 0 Å². The van der Waals surface area contributed by atoms with Gasteiger partial charge in [-0.3, -0.25) is 4.79 Å². The lowest BCUT2D eigenvalue weighted by molar-refractivity contribution is 0.0939. The minimum atomic E-state index is -0.175. The first-order chi connectivity index (χ1) is 8.97. The lowest BCUT2D eigenvalue weighted by Crippen LogP contribution is -2.26. The van der Waals surface area contributed by atoms with Crippen molar-refractivity contribution in [3.05, 3.63) is 53.0 Å². The van der Waals surface area contributed by atoms with Gasteiger partial charge in [-0.1, -0.05) is 0 Å². The Morgan fingerprint density at radius 3 is 2.42 bits per heavy atom. The van der Waals surface area contributed by atoms with Crippen LogP contribution < -0.4 is 5.32 Å². The van der Waals surface area contributed by atoms with E-state index in [-0.39, 0.29) is 17.7 Å². The van der Waals surface area contributed by atoms with Gasteiger partial charge in [0.1, 0.15) is 17.3 Å². The number of amides is 1. The number of phenols is 1. The Kier molecular flexibility index (Phi) is 3.60. The van der Waals surface area contributed by atoms with Crippen LogP contribution in [0.4, 0.5) is 0 Å². The fraction of sp³-hybridized carbons (Fsp3) is 0.267.